The number of ether oxygens (including phenoxy) is 1. The minimum Gasteiger partial charge on any atom is -0.481 e. The van der Waals surface area contributed by atoms with Gasteiger partial charge in [-0.1, -0.05) is 35.4 Å². The summed E-state index contributed by atoms with van der Waals surface area (Å²) >= 11 is 0. The Morgan fingerprint density at radius 2 is 1.88 bits per heavy atom. The largest absolute Gasteiger partial charge is 0.481 e. The highest BCUT2D eigenvalue weighted by Crippen LogP contribution is 2.41. The van der Waals surface area contributed by atoms with Crippen LogP contribution >= 0.6 is 21.6 Å². The van der Waals surface area contributed by atoms with Gasteiger partial charge in [0.05, 0.1) is 18.9 Å². The minimum atomic E-state index is -0.802. The molecule has 2 atom stereocenters. The Bertz CT molecular complexity index is 279. The van der Waals surface area contributed by atoms with Crippen molar-refractivity contribution in [2.45, 2.75) is 32.4 Å². The number of hydrogen-bond donors (Lipinski definition) is 1. The molecule has 0 aliphatic carbocycles. The van der Waals surface area contributed by atoms with Crippen molar-refractivity contribution in [3.05, 3.63) is 0 Å². The summed E-state index contributed by atoms with van der Waals surface area (Å²) in [5.74, 6) is -1.03. The van der Waals surface area contributed by atoms with E-state index in [1.165, 1.54) is 28.7 Å². The second-order valence-electron chi connectivity index (χ2n) is 4.46. The Morgan fingerprint density at radius 1 is 1.35 bits per heavy atom. The Hall–Kier alpha value is -0.360. The Kier molecular flexibility index (Phi) is 7.01. The summed E-state index contributed by atoms with van der Waals surface area (Å²) in [6.07, 6.45) is 0. The summed E-state index contributed by atoms with van der Waals surface area (Å²) in [5.41, 5.74) is 0. The zero-order valence-electron chi connectivity index (χ0n) is 10.9. The van der Waals surface area contributed by atoms with E-state index in [1.807, 2.05) is 13.8 Å². The maximum absolute atomic E-state index is 11.2. The van der Waals surface area contributed by atoms with Gasteiger partial charge < -0.3 is 9.84 Å². The fourth-order valence-electron chi connectivity index (χ4n) is 0.927. The first-order valence-electron chi connectivity index (χ1n) is 5.33. The standard InChI is InChI=1S/C11H20O4S2/c1-7(10(14)15-5)6-16-17-11(3,4)8(2)9(12)13/h7-8H,6H2,1-5H3,(H,12,13)/t7-,8-/m0/s1. The van der Waals surface area contributed by atoms with Crippen LogP contribution in [0.15, 0.2) is 0 Å². The monoisotopic (exact) mass is 280 g/mol. The highest BCUT2D eigenvalue weighted by Gasteiger charge is 2.32. The van der Waals surface area contributed by atoms with Gasteiger partial charge in [-0.3, -0.25) is 9.59 Å². The molecule has 0 bridgehead atoms. The molecule has 0 saturated carbocycles. The van der Waals surface area contributed by atoms with Gasteiger partial charge in [-0.15, -0.1) is 0 Å². The molecule has 0 rings (SSSR count). The number of aliphatic carboxylic acids is 1. The quantitative estimate of drug-likeness (QED) is 0.571. The molecule has 0 fully saturated rings. The fourth-order valence-corrected chi connectivity index (χ4v) is 4.04. The van der Waals surface area contributed by atoms with Crippen molar-refractivity contribution in [1.29, 1.82) is 0 Å². The molecular formula is C11H20O4S2. The van der Waals surface area contributed by atoms with Gasteiger partial charge in [-0.2, -0.15) is 0 Å². The predicted octanol–water partition coefficient (Wildman–Crippen LogP) is 2.68. The van der Waals surface area contributed by atoms with E-state index >= 15 is 0 Å². The summed E-state index contributed by atoms with van der Waals surface area (Å²) in [6, 6.07) is 0. The lowest BCUT2D eigenvalue weighted by molar-refractivity contribution is -0.144. The SMILES string of the molecule is COC(=O)[C@@H](C)CSSC(C)(C)[C@@H](C)C(=O)O. The molecule has 0 aromatic heterocycles. The van der Waals surface area contributed by atoms with E-state index in [1.54, 1.807) is 13.8 Å². The van der Waals surface area contributed by atoms with Crippen LogP contribution in [-0.4, -0.2) is 34.7 Å². The van der Waals surface area contributed by atoms with Crippen LogP contribution in [0.3, 0.4) is 0 Å². The van der Waals surface area contributed by atoms with Crippen molar-refractivity contribution in [2.75, 3.05) is 12.9 Å². The number of carboxylic acid groups (broad SMARTS) is 1. The van der Waals surface area contributed by atoms with E-state index < -0.39 is 11.9 Å². The van der Waals surface area contributed by atoms with Crippen molar-refractivity contribution >= 4 is 33.5 Å². The molecule has 1 N–H and O–H groups in total. The number of rotatable bonds is 7. The van der Waals surface area contributed by atoms with Gasteiger partial charge >= 0.3 is 11.9 Å². The van der Waals surface area contributed by atoms with Crippen LogP contribution in [-0.2, 0) is 14.3 Å². The number of carbonyl (C=O) groups is 2. The third-order valence-corrected chi connectivity index (χ3v) is 6.20. The molecule has 0 radical (unpaired) electrons. The maximum atomic E-state index is 11.2. The van der Waals surface area contributed by atoms with Gasteiger partial charge in [0.2, 0.25) is 0 Å². The van der Waals surface area contributed by atoms with E-state index in [9.17, 15) is 9.59 Å². The summed E-state index contributed by atoms with van der Waals surface area (Å²) in [6.45, 7) is 7.28. The highest BCUT2D eigenvalue weighted by atomic mass is 33.1. The number of methoxy groups -OCH3 is 1. The number of carboxylic acids is 1. The molecule has 0 unspecified atom stereocenters. The lowest BCUT2D eigenvalue weighted by Crippen LogP contribution is -2.31. The third kappa shape index (κ3) is 5.68. The van der Waals surface area contributed by atoms with Gasteiger partial charge in [0.25, 0.3) is 0 Å². The van der Waals surface area contributed by atoms with Crippen LogP contribution in [0.5, 0.6) is 0 Å². The summed E-state index contributed by atoms with van der Waals surface area (Å²) in [7, 11) is 4.38. The van der Waals surface area contributed by atoms with E-state index in [4.69, 9.17) is 5.11 Å². The van der Waals surface area contributed by atoms with Gasteiger partial charge in [0.1, 0.15) is 0 Å². The van der Waals surface area contributed by atoms with Crippen LogP contribution < -0.4 is 0 Å². The lowest BCUT2D eigenvalue weighted by Gasteiger charge is -2.27. The first-order valence-corrected chi connectivity index (χ1v) is 7.65. The number of hydrogen-bond acceptors (Lipinski definition) is 5. The first kappa shape index (κ1) is 16.6. The summed E-state index contributed by atoms with van der Waals surface area (Å²) in [4.78, 5) is 22.1. The van der Waals surface area contributed by atoms with Crippen LogP contribution in [0.1, 0.15) is 27.7 Å². The smallest absolute Gasteiger partial charge is 0.309 e. The molecule has 0 aliphatic heterocycles. The van der Waals surface area contributed by atoms with Crippen molar-refractivity contribution in [2.24, 2.45) is 11.8 Å². The average molecular weight is 280 g/mol. The summed E-state index contributed by atoms with van der Waals surface area (Å²) in [5, 5.41) is 8.96. The molecule has 0 saturated heterocycles. The maximum Gasteiger partial charge on any atom is 0.309 e. The normalized spacial score (nSPS) is 15.1. The Balaban J connectivity index is 4.11. The first-order chi connectivity index (χ1) is 7.72. The van der Waals surface area contributed by atoms with Crippen LogP contribution in [0.2, 0.25) is 0 Å². The third-order valence-electron chi connectivity index (χ3n) is 2.61. The van der Waals surface area contributed by atoms with Crippen molar-refractivity contribution in [3.63, 3.8) is 0 Å². The number of carbonyl (C=O) groups excluding carboxylic acids is 1. The minimum absolute atomic E-state index is 0.173. The summed E-state index contributed by atoms with van der Waals surface area (Å²) < 4.78 is 4.26. The van der Waals surface area contributed by atoms with Crippen LogP contribution in [0, 0.1) is 11.8 Å². The van der Waals surface area contributed by atoms with Crippen LogP contribution in [0.25, 0.3) is 0 Å². The van der Waals surface area contributed by atoms with Crippen molar-refractivity contribution in [3.8, 4) is 0 Å². The van der Waals surface area contributed by atoms with E-state index in [0.29, 0.717) is 5.75 Å². The van der Waals surface area contributed by atoms with Gasteiger partial charge in [0.15, 0.2) is 0 Å². The van der Waals surface area contributed by atoms with Crippen LogP contribution in [0.4, 0.5) is 0 Å². The van der Waals surface area contributed by atoms with Gasteiger partial charge in [-0.05, 0) is 13.8 Å². The van der Waals surface area contributed by atoms with Crippen molar-refractivity contribution in [1.82, 2.24) is 0 Å². The van der Waals surface area contributed by atoms with E-state index in [2.05, 4.69) is 4.74 Å². The molecule has 0 aliphatic rings. The molecule has 100 valence electrons. The molecule has 0 spiro atoms. The molecule has 0 aromatic carbocycles. The highest BCUT2D eigenvalue weighted by molar-refractivity contribution is 8.77. The lowest BCUT2D eigenvalue weighted by atomic mass is 9.97. The molecule has 0 heterocycles. The Labute approximate surface area is 110 Å². The second kappa shape index (κ2) is 7.16. The molecule has 17 heavy (non-hydrogen) atoms. The molecule has 0 amide bonds. The predicted molar refractivity (Wildman–Crippen MR) is 72.1 cm³/mol. The molecule has 0 aromatic rings. The van der Waals surface area contributed by atoms with E-state index in [0.717, 1.165) is 0 Å². The molecule has 4 nitrogen and oxygen atoms in total. The average Bonchev–Trinajstić information content (AvgIpc) is 2.26. The Morgan fingerprint density at radius 3 is 2.29 bits per heavy atom. The zero-order chi connectivity index (χ0) is 13.6. The zero-order valence-corrected chi connectivity index (χ0v) is 12.5. The molecule has 6 heteroatoms. The van der Waals surface area contributed by atoms with Gasteiger partial charge in [-0.25, -0.2) is 0 Å². The van der Waals surface area contributed by atoms with Crippen molar-refractivity contribution < 1.29 is 19.4 Å². The second-order valence-corrected chi connectivity index (χ2v) is 7.45. The fraction of sp³-hybridized carbons (Fsp3) is 0.818. The molecular weight excluding hydrogens is 260 g/mol. The number of esters is 1. The van der Waals surface area contributed by atoms with E-state index in [-0.39, 0.29) is 16.6 Å². The van der Waals surface area contributed by atoms with Gasteiger partial charge in [0, 0.05) is 10.5 Å². The topological polar surface area (TPSA) is 63.6 Å².